The van der Waals surface area contributed by atoms with Crippen molar-refractivity contribution in [1.82, 2.24) is 0 Å². The van der Waals surface area contributed by atoms with Gasteiger partial charge in [-0.05, 0) is 28.5 Å². The highest BCUT2D eigenvalue weighted by atomic mass is 16.5. The van der Waals surface area contributed by atoms with E-state index in [-0.39, 0.29) is 5.91 Å². The van der Waals surface area contributed by atoms with Crippen molar-refractivity contribution in [3.05, 3.63) is 66.2 Å². The molecule has 0 aliphatic carbocycles. The van der Waals surface area contributed by atoms with Crippen molar-refractivity contribution < 1.29 is 14.3 Å². The minimum absolute atomic E-state index is 0.0718. The fourth-order valence-electron chi connectivity index (χ4n) is 2.65. The number of rotatable bonds is 5. The van der Waals surface area contributed by atoms with Crippen molar-refractivity contribution in [3.8, 4) is 11.5 Å². The average Bonchev–Trinajstić information content (AvgIpc) is 2.61. The number of methoxy groups -OCH3 is 2. The molecule has 0 aromatic heterocycles. The lowest BCUT2D eigenvalue weighted by Crippen LogP contribution is -2.14. The first-order chi connectivity index (χ1) is 11.7. The van der Waals surface area contributed by atoms with Gasteiger partial charge in [0.15, 0.2) is 11.5 Å². The van der Waals surface area contributed by atoms with Gasteiger partial charge in [0.1, 0.15) is 0 Å². The van der Waals surface area contributed by atoms with Crippen LogP contribution in [0.4, 0.5) is 5.69 Å². The maximum Gasteiger partial charge on any atom is 0.228 e. The molecule has 0 atom stereocenters. The number of hydrogen-bond acceptors (Lipinski definition) is 3. The summed E-state index contributed by atoms with van der Waals surface area (Å²) >= 11 is 0. The van der Waals surface area contributed by atoms with E-state index in [1.807, 2.05) is 36.4 Å². The van der Waals surface area contributed by atoms with Crippen molar-refractivity contribution in [2.45, 2.75) is 6.42 Å². The Kier molecular flexibility index (Phi) is 4.66. The molecule has 0 aliphatic rings. The molecule has 0 bridgehead atoms. The summed E-state index contributed by atoms with van der Waals surface area (Å²) in [5.41, 5.74) is 1.66. The molecule has 0 heterocycles. The lowest BCUT2D eigenvalue weighted by Gasteiger charge is -2.11. The Morgan fingerprint density at radius 1 is 0.875 bits per heavy atom. The molecular weight excluding hydrogens is 302 g/mol. The second-order valence-electron chi connectivity index (χ2n) is 5.48. The van der Waals surface area contributed by atoms with Crippen LogP contribution in [-0.2, 0) is 11.2 Å². The van der Waals surface area contributed by atoms with Gasteiger partial charge >= 0.3 is 0 Å². The molecule has 0 saturated carbocycles. The maximum absolute atomic E-state index is 12.3. The zero-order valence-corrected chi connectivity index (χ0v) is 13.7. The summed E-state index contributed by atoms with van der Waals surface area (Å²) in [6, 6.07) is 19.5. The number of fused-ring (bicyclic) bond motifs is 1. The predicted molar refractivity (Wildman–Crippen MR) is 95.8 cm³/mol. The van der Waals surface area contributed by atoms with Gasteiger partial charge in [-0.3, -0.25) is 4.79 Å². The van der Waals surface area contributed by atoms with E-state index in [4.69, 9.17) is 9.47 Å². The molecule has 3 aromatic carbocycles. The first kappa shape index (κ1) is 15.9. The largest absolute Gasteiger partial charge is 0.493 e. The minimum Gasteiger partial charge on any atom is -0.493 e. The van der Waals surface area contributed by atoms with Gasteiger partial charge in [0.05, 0.1) is 20.6 Å². The van der Waals surface area contributed by atoms with Gasteiger partial charge in [-0.1, -0.05) is 42.5 Å². The van der Waals surface area contributed by atoms with Crippen LogP contribution >= 0.6 is 0 Å². The van der Waals surface area contributed by atoms with Crippen LogP contribution in [0, 0.1) is 0 Å². The van der Waals surface area contributed by atoms with Crippen LogP contribution in [0.1, 0.15) is 5.56 Å². The van der Waals surface area contributed by atoms with E-state index in [2.05, 4.69) is 11.4 Å². The van der Waals surface area contributed by atoms with E-state index in [0.717, 1.165) is 10.9 Å². The van der Waals surface area contributed by atoms with E-state index >= 15 is 0 Å². The molecule has 0 radical (unpaired) electrons. The Bertz CT molecular complexity index is 874. The second-order valence-corrected chi connectivity index (χ2v) is 5.48. The number of anilines is 1. The molecule has 3 rings (SSSR count). The number of nitrogens with one attached hydrogen (secondary N) is 1. The lowest BCUT2D eigenvalue weighted by molar-refractivity contribution is -0.115. The maximum atomic E-state index is 12.3. The normalized spacial score (nSPS) is 10.4. The Morgan fingerprint density at radius 3 is 2.38 bits per heavy atom. The van der Waals surface area contributed by atoms with Crippen LogP contribution in [0.15, 0.2) is 60.7 Å². The van der Waals surface area contributed by atoms with Gasteiger partial charge in [-0.15, -0.1) is 0 Å². The fraction of sp³-hybridized carbons (Fsp3) is 0.150. The molecule has 0 unspecified atom stereocenters. The second kappa shape index (κ2) is 7.04. The Balaban J connectivity index is 1.72. The summed E-state index contributed by atoms with van der Waals surface area (Å²) in [5, 5.41) is 5.19. The SMILES string of the molecule is COc1ccc(NC(=O)Cc2ccc3ccccc3c2)cc1OC. The molecular formula is C20H19NO3. The number of ether oxygens (including phenoxy) is 2. The molecule has 3 aromatic rings. The third-order valence-corrected chi connectivity index (χ3v) is 3.85. The van der Waals surface area contributed by atoms with Crippen LogP contribution in [0.25, 0.3) is 10.8 Å². The van der Waals surface area contributed by atoms with Gasteiger partial charge in [0.25, 0.3) is 0 Å². The van der Waals surface area contributed by atoms with Crippen LogP contribution in [0.2, 0.25) is 0 Å². The van der Waals surface area contributed by atoms with E-state index in [1.54, 1.807) is 32.4 Å². The molecule has 122 valence electrons. The Hall–Kier alpha value is -3.01. The van der Waals surface area contributed by atoms with Crippen molar-refractivity contribution in [1.29, 1.82) is 0 Å². The lowest BCUT2D eigenvalue weighted by atomic mass is 10.0. The van der Waals surface area contributed by atoms with E-state index in [0.29, 0.717) is 23.6 Å². The quantitative estimate of drug-likeness (QED) is 0.771. The average molecular weight is 321 g/mol. The van der Waals surface area contributed by atoms with Crippen LogP contribution in [0.5, 0.6) is 11.5 Å². The molecule has 4 heteroatoms. The first-order valence-corrected chi connectivity index (χ1v) is 7.69. The summed E-state index contributed by atoms with van der Waals surface area (Å²) in [6.45, 7) is 0. The van der Waals surface area contributed by atoms with Crippen LogP contribution < -0.4 is 14.8 Å². The first-order valence-electron chi connectivity index (χ1n) is 7.69. The minimum atomic E-state index is -0.0718. The summed E-state index contributed by atoms with van der Waals surface area (Å²) < 4.78 is 10.4. The molecule has 0 spiro atoms. The number of amides is 1. The van der Waals surface area contributed by atoms with Gasteiger partial charge in [0, 0.05) is 11.8 Å². The van der Waals surface area contributed by atoms with Gasteiger partial charge in [0.2, 0.25) is 5.91 Å². The topological polar surface area (TPSA) is 47.6 Å². The molecule has 24 heavy (non-hydrogen) atoms. The summed E-state index contributed by atoms with van der Waals surface area (Å²) in [5.74, 6) is 1.14. The highest BCUT2D eigenvalue weighted by Gasteiger charge is 2.08. The monoisotopic (exact) mass is 321 g/mol. The van der Waals surface area contributed by atoms with E-state index < -0.39 is 0 Å². The summed E-state index contributed by atoms with van der Waals surface area (Å²) in [4.78, 5) is 12.3. The van der Waals surface area contributed by atoms with Gasteiger partial charge < -0.3 is 14.8 Å². The van der Waals surface area contributed by atoms with E-state index in [9.17, 15) is 4.79 Å². The van der Waals surface area contributed by atoms with Crippen molar-refractivity contribution >= 4 is 22.4 Å². The number of carbonyl (C=O) groups is 1. The number of benzene rings is 3. The molecule has 0 aliphatic heterocycles. The summed E-state index contributed by atoms with van der Waals surface area (Å²) in [6.07, 6.45) is 0.319. The Labute approximate surface area is 141 Å². The zero-order chi connectivity index (χ0) is 16.9. The van der Waals surface area contributed by atoms with E-state index in [1.165, 1.54) is 5.39 Å². The third-order valence-electron chi connectivity index (χ3n) is 3.85. The fourth-order valence-corrected chi connectivity index (χ4v) is 2.65. The van der Waals surface area contributed by atoms with Crippen molar-refractivity contribution in [2.24, 2.45) is 0 Å². The molecule has 0 fully saturated rings. The van der Waals surface area contributed by atoms with Crippen LogP contribution in [0.3, 0.4) is 0 Å². The number of carbonyl (C=O) groups excluding carboxylic acids is 1. The van der Waals surface area contributed by atoms with Crippen molar-refractivity contribution in [2.75, 3.05) is 19.5 Å². The molecule has 0 saturated heterocycles. The zero-order valence-electron chi connectivity index (χ0n) is 13.7. The van der Waals surface area contributed by atoms with Crippen LogP contribution in [-0.4, -0.2) is 20.1 Å². The smallest absolute Gasteiger partial charge is 0.228 e. The number of hydrogen-bond donors (Lipinski definition) is 1. The molecule has 1 N–H and O–H groups in total. The highest BCUT2D eigenvalue weighted by Crippen LogP contribution is 2.29. The molecule has 4 nitrogen and oxygen atoms in total. The molecule has 1 amide bonds. The standard InChI is InChI=1S/C20H19NO3/c1-23-18-10-9-17(13-19(18)24-2)21-20(22)12-14-7-8-15-5-3-4-6-16(15)11-14/h3-11,13H,12H2,1-2H3,(H,21,22). The highest BCUT2D eigenvalue weighted by molar-refractivity contribution is 5.93. The van der Waals surface area contributed by atoms with Gasteiger partial charge in [-0.25, -0.2) is 0 Å². The Morgan fingerprint density at radius 2 is 1.62 bits per heavy atom. The van der Waals surface area contributed by atoms with Gasteiger partial charge in [-0.2, -0.15) is 0 Å². The van der Waals surface area contributed by atoms with Crippen molar-refractivity contribution in [3.63, 3.8) is 0 Å². The summed E-state index contributed by atoms with van der Waals surface area (Å²) in [7, 11) is 3.15. The third kappa shape index (κ3) is 3.49. The predicted octanol–water partition coefficient (Wildman–Crippen LogP) is 4.04.